The lowest BCUT2D eigenvalue weighted by molar-refractivity contribution is -0.133. The zero-order chi connectivity index (χ0) is 17.7. The highest BCUT2D eigenvalue weighted by atomic mass is 16.2. The van der Waals surface area contributed by atoms with Crippen LogP contribution in [-0.4, -0.2) is 33.4 Å². The maximum atomic E-state index is 12.4. The summed E-state index contributed by atoms with van der Waals surface area (Å²) in [6, 6.07) is 10.4. The first-order valence-corrected chi connectivity index (χ1v) is 9.48. The van der Waals surface area contributed by atoms with Crippen molar-refractivity contribution in [1.29, 1.82) is 0 Å². The first kappa shape index (κ1) is 15.8. The monoisotopic (exact) mass is 349 g/mol. The SMILES string of the molecule is NCC(=O)N1[C@@H]2CC[C@H]1c1c(nc(C3CC3)nc1Nc1ccccc1)C2. The minimum Gasteiger partial charge on any atom is -0.340 e. The molecule has 0 radical (unpaired) electrons. The Morgan fingerprint density at radius 1 is 1.15 bits per heavy atom. The summed E-state index contributed by atoms with van der Waals surface area (Å²) >= 11 is 0. The molecule has 6 heteroatoms. The molecule has 1 amide bonds. The fraction of sp³-hybridized carbons (Fsp3) is 0.450. The first-order chi connectivity index (χ1) is 12.7. The highest BCUT2D eigenvalue weighted by Crippen LogP contribution is 2.47. The van der Waals surface area contributed by atoms with E-state index in [-0.39, 0.29) is 24.5 Å². The normalized spacial score (nSPS) is 23.7. The summed E-state index contributed by atoms with van der Waals surface area (Å²) in [6.45, 7) is 0.0603. The molecule has 3 N–H and O–H groups in total. The fourth-order valence-corrected chi connectivity index (χ4v) is 4.39. The summed E-state index contributed by atoms with van der Waals surface area (Å²) in [5.41, 5.74) is 8.89. The average molecular weight is 349 g/mol. The first-order valence-electron chi connectivity index (χ1n) is 9.48. The lowest BCUT2D eigenvalue weighted by Crippen LogP contribution is -2.45. The largest absolute Gasteiger partial charge is 0.340 e. The summed E-state index contributed by atoms with van der Waals surface area (Å²) in [4.78, 5) is 24.2. The van der Waals surface area contributed by atoms with E-state index >= 15 is 0 Å². The van der Waals surface area contributed by atoms with Gasteiger partial charge in [-0.1, -0.05) is 18.2 Å². The number of hydrogen-bond donors (Lipinski definition) is 2. The average Bonchev–Trinajstić information content (AvgIpc) is 3.46. The Morgan fingerprint density at radius 2 is 1.96 bits per heavy atom. The highest BCUT2D eigenvalue weighted by Gasteiger charge is 2.45. The van der Waals surface area contributed by atoms with Crippen molar-refractivity contribution in [3.63, 3.8) is 0 Å². The third-order valence-electron chi connectivity index (χ3n) is 5.75. The van der Waals surface area contributed by atoms with Crippen LogP contribution in [0, 0.1) is 0 Å². The van der Waals surface area contributed by atoms with Crippen LogP contribution in [-0.2, 0) is 11.2 Å². The number of hydrogen-bond acceptors (Lipinski definition) is 5. The number of nitrogens with zero attached hydrogens (tertiary/aromatic N) is 3. The molecule has 1 saturated heterocycles. The molecule has 2 atom stereocenters. The van der Waals surface area contributed by atoms with Gasteiger partial charge in [0.2, 0.25) is 5.91 Å². The van der Waals surface area contributed by atoms with E-state index in [1.807, 2.05) is 35.2 Å². The predicted octanol–water partition coefficient (Wildman–Crippen LogP) is 2.64. The van der Waals surface area contributed by atoms with Gasteiger partial charge in [0.1, 0.15) is 11.6 Å². The molecule has 0 unspecified atom stereocenters. The van der Waals surface area contributed by atoms with Gasteiger partial charge in [0.05, 0.1) is 18.3 Å². The zero-order valence-electron chi connectivity index (χ0n) is 14.7. The summed E-state index contributed by atoms with van der Waals surface area (Å²) in [6.07, 6.45) is 5.13. The van der Waals surface area contributed by atoms with Crippen LogP contribution in [0.25, 0.3) is 0 Å². The van der Waals surface area contributed by atoms with Crippen molar-refractivity contribution in [2.45, 2.75) is 50.1 Å². The van der Waals surface area contributed by atoms with Gasteiger partial charge in [-0.2, -0.15) is 0 Å². The highest BCUT2D eigenvalue weighted by molar-refractivity contribution is 5.80. The number of benzene rings is 1. The van der Waals surface area contributed by atoms with Crippen LogP contribution in [0.15, 0.2) is 30.3 Å². The van der Waals surface area contributed by atoms with E-state index in [1.54, 1.807) is 0 Å². The predicted molar refractivity (Wildman–Crippen MR) is 99.1 cm³/mol. The van der Waals surface area contributed by atoms with Crippen molar-refractivity contribution < 1.29 is 4.79 Å². The van der Waals surface area contributed by atoms with Crippen LogP contribution >= 0.6 is 0 Å². The maximum absolute atomic E-state index is 12.4. The Hall–Kier alpha value is -2.47. The minimum absolute atomic E-state index is 0.0279. The molecule has 134 valence electrons. The molecule has 1 aromatic carbocycles. The molecular weight excluding hydrogens is 326 g/mol. The summed E-state index contributed by atoms with van der Waals surface area (Å²) < 4.78 is 0. The van der Waals surface area contributed by atoms with E-state index in [4.69, 9.17) is 15.7 Å². The van der Waals surface area contributed by atoms with Crippen LogP contribution in [0.4, 0.5) is 11.5 Å². The molecular formula is C20H23N5O. The summed E-state index contributed by atoms with van der Waals surface area (Å²) in [5.74, 6) is 2.35. The number of nitrogens with one attached hydrogen (secondary N) is 1. The third-order valence-corrected chi connectivity index (χ3v) is 5.75. The van der Waals surface area contributed by atoms with Crippen molar-refractivity contribution >= 4 is 17.4 Å². The molecule has 5 rings (SSSR count). The number of carbonyl (C=O) groups excluding carboxylic acids is 1. The van der Waals surface area contributed by atoms with Crippen LogP contribution in [0.2, 0.25) is 0 Å². The quantitative estimate of drug-likeness (QED) is 0.886. The van der Waals surface area contributed by atoms with Crippen LogP contribution < -0.4 is 11.1 Å². The van der Waals surface area contributed by atoms with Crippen molar-refractivity contribution in [1.82, 2.24) is 14.9 Å². The van der Waals surface area contributed by atoms with E-state index in [9.17, 15) is 4.79 Å². The van der Waals surface area contributed by atoms with Gasteiger partial charge in [-0.25, -0.2) is 9.97 Å². The maximum Gasteiger partial charge on any atom is 0.237 e. The number of aromatic nitrogens is 2. The lowest BCUT2D eigenvalue weighted by Gasteiger charge is -2.36. The van der Waals surface area contributed by atoms with Crippen molar-refractivity contribution in [2.75, 3.05) is 11.9 Å². The number of rotatable bonds is 4. The van der Waals surface area contributed by atoms with E-state index in [0.717, 1.165) is 47.8 Å². The Morgan fingerprint density at radius 3 is 2.69 bits per heavy atom. The Bertz CT molecular complexity index is 849. The van der Waals surface area contributed by atoms with E-state index < -0.39 is 0 Å². The molecule has 2 bridgehead atoms. The van der Waals surface area contributed by atoms with E-state index in [2.05, 4.69) is 5.32 Å². The second-order valence-electron chi connectivity index (χ2n) is 7.51. The molecule has 6 nitrogen and oxygen atoms in total. The van der Waals surface area contributed by atoms with Gasteiger partial charge in [-0.05, 0) is 37.8 Å². The minimum atomic E-state index is 0.0279. The standard InChI is InChI=1S/C20H23N5O/c21-11-17(26)25-14-8-9-16(25)18-15(10-14)23-19(12-6-7-12)24-20(18)22-13-4-2-1-3-5-13/h1-5,12,14,16H,6-11,21H2,(H,22,23,24)/t14-,16+/m1/s1. The van der Waals surface area contributed by atoms with Crippen LogP contribution in [0.1, 0.15) is 54.7 Å². The Labute approximate surface area is 152 Å². The number of para-hydroxylation sites is 1. The van der Waals surface area contributed by atoms with E-state index in [0.29, 0.717) is 5.92 Å². The molecule has 3 aliphatic rings. The van der Waals surface area contributed by atoms with E-state index in [1.165, 1.54) is 12.8 Å². The number of fused-ring (bicyclic) bond motifs is 4. The van der Waals surface area contributed by atoms with Gasteiger partial charge in [-0.3, -0.25) is 4.79 Å². The second kappa shape index (κ2) is 6.06. The van der Waals surface area contributed by atoms with Crippen molar-refractivity contribution in [3.8, 4) is 0 Å². The molecule has 0 spiro atoms. The summed E-state index contributed by atoms with van der Waals surface area (Å²) in [5, 5.41) is 3.50. The lowest BCUT2D eigenvalue weighted by atomic mass is 9.97. The van der Waals surface area contributed by atoms with Gasteiger partial charge >= 0.3 is 0 Å². The third kappa shape index (κ3) is 2.56. The topological polar surface area (TPSA) is 84.1 Å². The Kier molecular flexibility index (Phi) is 3.67. The molecule has 1 aromatic heterocycles. The number of nitrogens with two attached hydrogens (primary N) is 1. The molecule has 2 aromatic rings. The molecule has 1 saturated carbocycles. The number of amides is 1. The van der Waals surface area contributed by atoms with Gasteiger partial charge in [0, 0.05) is 29.6 Å². The van der Waals surface area contributed by atoms with Gasteiger partial charge in [0.15, 0.2) is 0 Å². The number of carbonyl (C=O) groups is 1. The van der Waals surface area contributed by atoms with Crippen molar-refractivity contribution in [2.24, 2.45) is 5.73 Å². The van der Waals surface area contributed by atoms with Gasteiger partial charge < -0.3 is 16.0 Å². The fourth-order valence-electron chi connectivity index (χ4n) is 4.39. The van der Waals surface area contributed by atoms with Gasteiger partial charge in [0.25, 0.3) is 0 Å². The van der Waals surface area contributed by atoms with Crippen LogP contribution in [0.3, 0.4) is 0 Å². The Balaban J connectivity index is 1.60. The molecule has 1 aliphatic carbocycles. The van der Waals surface area contributed by atoms with Crippen LogP contribution in [0.5, 0.6) is 0 Å². The number of anilines is 2. The smallest absolute Gasteiger partial charge is 0.237 e. The van der Waals surface area contributed by atoms with Gasteiger partial charge in [-0.15, -0.1) is 0 Å². The molecule has 26 heavy (non-hydrogen) atoms. The zero-order valence-corrected chi connectivity index (χ0v) is 14.7. The molecule has 3 heterocycles. The second-order valence-corrected chi connectivity index (χ2v) is 7.51. The summed E-state index contributed by atoms with van der Waals surface area (Å²) in [7, 11) is 0. The molecule has 2 fully saturated rings. The van der Waals surface area contributed by atoms with Crippen molar-refractivity contribution in [3.05, 3.63) is 47.4 Å². The molecule has 2 aliphatic heterocycles.